The third-order valence-corrected chi connectivity index (χ3v) is 4.01. The molecule has 1 fully saturated rings. The van der Waals surface area contributed by atoms with Crippen molar-refractivity contribution in [1.82, 2.24) is 5.32 Å². The van der Waals surface area contributed by atoms with Gasteiger partial charge in [0.15, 0.2) is 0 Å². The normalized spacial score (nSPS) is 27.6. The van der Waals surface area contributed by atoms with E-state index in [4.69, 9.17) is 0 Å². The third-order valence-electron chi connectivity index (χ3n) is 4.01. The number of nitrogens with one attached hydrogen (secondary N) is 1. The van der Waals surface area contributed by atoms with Crippen molar-refractivity contribution in [2.75, 3.05) is 7.05 Å². The van der Waals surface area contributed by atoms with Gasteiger partial charge in [0.1, 0.15) is 0 Å². The highest BCUT2D eigenvalue weighted by Gasteiger charge is 2.37. The monoisotopic (exact) mass is 234 g/mol. The molecule has 1 aromatic rings. The molecule has 0 spiro atoms. The summed E-state index contributed by atoms with van der Waals surface area (Å²) in [6.07, 6.45) is 1.07. The largest absolute Gasteiger partial charge is 0.317 e. The van der Waals surface area contributed by atoms with Crippen molar-refractivity contribution in [1.29, 1.82) is 0 Å². The summed E-state index contributed by atoms with van der Waals surface area (Å²) in [5, 5.41) is 14.2. The Morgan fingerprint density at radius 2 is 2.18 bits per heavy atom. The predicted molar refractivity (Wildman–Crippen MR) is 67.2 cm³/mol. The number of benzene rings is 1. The van der Waals surface area contributed by atoms with E-state index in [1.54, 1.807) is 13.0 Å². The number of rotatable bonds is 3. The number of hydrogen-bond acceptors (Lipinski definition) is 3. The summed E-state index contributed by atoms with van der Waals surface area (Å²) in [5.74, 6) is 0.995. The van der Waals surface area contributed by atoms with Gasteiger partial charge >= 0.3 is 0 Å². The molecule has 1 aliphatic rings. The molecule has 0 amide bonds. The second-order valence-electron chi connectivity index (χ2n) is 4.90. The van der Waals surface area contributed by atoms with E-state index in [2.05, 4.69) is 12.2 Å². The number of nitro groups is 1. The Balaban J connectivity index is 2.24. The van der Waals surface area contributed by atoms with Crippen LogP contribution in [0, 0.1) is 23.0 Å². The van der Waals surface area contributed by atoms with Crippen molar-refractivity contribution in [2.24, 2.45) is 5.92 Å². The van der Waals surface area contributed by atoms with Crippen LogP contribution >= 0.6 is 0 Å². The molecule has 0 aliphatic heterocycles. The zero-order valence-corrected chi connectivity index (χ0v) is 10.4. The minimum absolute atomic E-state index is 0.239. The fraction of sp³-hybridized carbons (Fsp3) is 0.538. The lowest BCUT2D eigenvalue weighted by atomic mass is 9.67. The summed E-state index contributed by atoms with van der Waals surface area (Å²) >= 11 is 0. The van der Waals surface area contributed by atoms with E-state index in [-0.39, 0.29) is 10.6 Å². The molecule has 0 bridgehead atoms. The lowest BCUT2D eigenvalue weighted by Crippen LogP contribution is -2.46. The first-order chi connectivity index (χ1) is 8.04. The smallest absolute Gasteiger partial charge is 0.272 e. The van der Waals surface area contributed by atoms with Crippen LogP contribution in [-0.4, -0.2) is 18.0 Å². The highest BCUT2D eigenvalue weighted by Crippen LogP contribution is 2.43. The van der Waals surface area contributed by atoms with Crippen LogP contribution in [0.2, 0.25) is 0 Å². The number of hydrogen-bond donors (Lipinski definition) is 1. The molecule has 2 rings (SSSR count). The highest BCUT2D eigenvalue weighted by atomic mass is 16.6. The van der Waals surface area contributed by atoms with Crippen molar-refractivity contribution in [3.63, 3.8) is 0 Å². The van der Waals surface area contributed by atoms with Crippen molar-refractivity contribution >= 4 is 5.69 Å². The maximum atomic E-state index is 10.9. The minimum Gasteiger partial charge on any atom is -0.317 e. The Kier molecular flexibility index (Phi) is 3.15. The molecule has 17 heavy (non-hydrogen) atoms. The van der Waals surface area contributed by atoms with Crippen LogP contribution in [0.25, 0.3) is 0 Å². The molecular weight excluding hydrogens is 216 g/mol. The van der Waals surface area contributed by atoms with Crippen LogP contribution in [0.15, 0.2) is 18.2 Å². The van der Waals surface area contributed by atoms with Crippen LogP contribution in [0.1, 0.15) is 30.4 Å². The molecule has 4 nitrogen and oxygen atoms in total. The van der Waals surface area contributed by atoms with Gasteiger partial charge in [-0.05, 0) is 37.8 Å². The van der Waals surface area contributed by atoms with Crippen LogP contribution < -0.4 is 5.32 Å². The van der Waals surface area contributed by atoms with Gasteiger partial charge in [0.2, 0.25) is 0 Å². The Hall–Kier alpha value is -1.42. The summed E-state index contributed by atoms with van der Waals surface area (Å²) in [4.78, 5) is 10.6. The maximum Gasteiger partial charge on any atom is 0.272 e. The minimum atomic E-state index is -0.294. The SMILES string of the molecule is CNC1CC(c2ccc(C)c([N+](=O)[O-])c2)C1C. The third kappa shape index (κ3) is 2.05. The van der Waals surface area contributed by atoms with Gasteiger partial charge in [-0.15, -0.1) is 0 Å². The molecule has 1 N–H and O–H groups in total. The molecule has 3 atom stereocenters. The second-order valence-corrected chi connectivity index (χ2v) is 4.90. The van der Waals surface area contributed by atoms with Gasteiger partial charge in [-0.1, -0.05) is 19.1 Å². The van der Waals surface area contributed by atoms with Gasteiger partial charge in [0.25, 0.3) is 5.69 Å². The summed E-state index contributed by atoms with van der Waals surface area (Å²) in [6.45, 7) is 3.98. The first kappa shape index (κ1) is 12.0. The zero-order chi connectivity index (χ0) is 12.6. The van der Waals surface area contributed by atoms with Crippen LogP contribution in [0.3, 0.4) is 0 Å². The lowest BCUT2D eigenvalue weighted by Gasteiger charge is -2.43. The van der Waals surface area contributed by atoms with Gasteiger partial charge in [0.05, 0.1) is 4.92 Å². The van der Waals surface area contributed by atoms with E-state index >= 15 is 0 Å². The average Bonchev–Trinajstić information content (AvgIpc) is 2.29. The van der Waals surface area contributed by atoms with Gasteiger partial charge < -0.3 is 5.32 Å². The molecule has 0 heterocycles. The Labute approximate surface area is 101 Å². The van der Waals surface area contributed by atoms with E-state index in [9.17, 15) is 10.1 Å². The molecule has 0 aromatic heterocycles. The zero-order valence-electron chi connectivity index (χ0n) is 10.4. The summed E-state index contributed by atoms with van der Waals surface area (Å²) in [5.41, 5.74) is 2.07. The molecule has 0 radical (unpaired) electrons. The molecule has 3 unspecified atom stereocenters. The molecule has 4 heteroatoms. The van der Waals surface area contributed by atoms with Crippen LogP contribution in [0.5, 0.6) is 0 Å². The topological polar surface area (TPSA) is 55.2 Å². The molecule has 1 aromatic carbocycles. The summed E-state index contributed by atoms with van der Waals surface area (Å²) in [7, 11) is 1.97. The van der Waals surface area contributed by atoms with E-state index < -0.39 is 0 Å². The van der Waals surface area contributed by atoms with E-state index in [1.165, 1.54) is 0 Å². The van der Waals surface area contributed by atoms with Crippen molar-refractivity contribution in [2.45, 2.75) is 32.2 Å². The Morgan fingerprint density at radius 3 is 2.71 bits per heavy atom. The van der Waals surface area contributed by atoms with Crippen LogP contribution in [-0.2, 0) is 0 Å². The van der Waals surface area contributed by atoms with Gasteiger partial charge in [-0.3, -0.25) is 10.1 Å². The predicted octanol–water partition coefficient (Wildman–Crippen LogP) is 2.61. The second kappa shape index (κ2) is 4.45. The quantitative estimate of drug-likeness (QED) is 0.646. The van der Waals surface area contributed by atoms with Gasteiger partial charge in [-0.2, -0.15) is 0 Å². The van der Waals surface area contributed by atoms with Gasteiger partial charge in [-0.25, -0.2) is 0 Å². The number of nitrogens with zero attached hydrogens (tertiary/aromatic N) is 1. The molecule has 92 valence electrons. The lowest BCUT2D eigenvalue weighted by molar-refractivity contribution is -0.385. The number of aryl methyl sites for hydroxylation is 1. The first-order valence-electron chi connectivity index (χ1n) is 5.96. The van der Waals surface area contributed by atoms with Gasteiger partial charge in [0, 0.05) is 17.7 Å². The van der Waals surface area contributed by atoms with E-state index in [0.717, 1.165) is 17.5 Å². The number of nitro benzene ring substituents is 1. The fourth-order valence-electron chi connectivity index (χ4n) is 2.66. The first-order valence-corrected chi connectivity index (χ1v) is 5.96. The summed E-state index contributed by atoms with van der Waals surface area (Å²) < 4.78 is 0. The average molecular weight is 234 g/mol. The highest BCUT2D eigenvalue weighted by molar-refractivity contribution is 5.44. The van der Waals surface area contributed by atoms with Crippen molar-refractivity contribution < 1.29 is 4.92 Å². The Morgan fingerprint density at radius 1 is 1.47 bits per heavy atom. The Bertz CT molecular complexity index is 445. The van der Waals surface area contributed by atoms with Crippen molar-refractivity contribution in [3.8, 4) is 0 Å². The van der Waals surface area contributed by atoms with E-state index in [1.807, 2.05) is 19.2 Å². The standard InChI is InChI=1S/C13H18N2O2/c1-8-4-5-10(6-13(8)15(16)17)11-7-12(14-3)9(11)2/h4-6,9,11-12,14H,7H2,1-3H3. The molecular formula is C13H18N2O2. The van der Waals surface area contributed by atoms with Crippen molar-refractivity contribution in [3.05, 3.63) is 39.4 Å². The summed E-state index contributed by atoms with van der Waals surface area (Å²) in [6, 6.07) is 6.16. The van der Waals surface area contributed by atoms with E-state index in [0.29, 0.717) is 17.9 Å². The fourth-order valence-corrected chi connectivity index (χ4v) is 2.66. The van der Waals surface area contributed by atoms with Crippen LogP contribution in [0.4, 0.5) is 5.69 Å². The molecule has 1 saturated carbocycles. The molecule has 1 aliphatic carbocycles. The molecule has 0 saturated heterocycles. The maximum absolute atomic E-state index is 10.9.